The fourth-order valence-corrected chi connectivity index (χ4v) is 6.31. The molecule has 2 aliphatic heterocycles. The van der Waals surface area contributed by atoms with Gasteiger partial charge in [-0.05, 0) is 55.5 Å². The normalized spacial score (nSPS) is 17.7. The Hall–Kier alpha value is -2.42. The van der Waals surface area contributed by atoms with Crippen LogP contribution in [0.2, 0.25) is 0 Å². The van der Waals surface area contributed by atoms with E-state index in [0.717, 1.165) is 53.3 Å². The van der Waals surface area contributed by atoms with Crippen molar-refractivity contribution in [1.29, 1.82) is 0 Å². The molecule has 2 fully saturated rings. The Balaban J connectivity index is 1.39. The molecule has 0 radical (unpaired) electrons. The highest BCUT2D eigenvalue weighted by Gasteiger charge is 2.32. The molecule has 35 heavy (non-hydrogen) atoms. The molecule has 0 bridgehead atoms. The van der Waals surface area contributed by atoms with Gasteiger partial charge in [-0.25, -0.2) is 0 Å². The van der Waals surface area contributed by atoms with E-state index in [1.807, 2.05) is 58.1 Å². The molecule has 1 aromatic heterocycles. The number of carbonyl (C=O) groups is 2. The van der Waals surface area contributed by atoms with Crippen LogP contribution >= 0.6 is 39.9 Å². The number of nitrogens with zero attached hydrogens (tertiary/aromatic N) is 3. The summed E-state index contributed by atoms with van der Waals surface area (Å²) in [6.07, 6.45) is 7.99. The second-order valence-electron chi connectivity index (χ2n) is 8.88. The first-order valence-electron chi connectivity index (χ1n) is 11.8. The van der Waals surface area contributed by atoms with E-state index in [4.69, 9.17) is 12.2 Å². The lowest BCUT2D eigenvalue weighted by molar-refractivity contribution is -0.132. The summed E-state index contributed by atoms with van der Waals surface area (Å²) in [5, 5.41) is 1.00. The molecule has 0 saturated carbocycles. The molecule has 8 heteroatoms. The summed E-state index contributed by atoms with van der Waals surface area (Å²) in [6.45, 7) is 2.53. The van der Waals surface area contributed by atoms with Crippen molar-refractivity contribution in [2.45, 2.75) is 32.2 Å². The maximum Gasteiger partial charge on any atom is 0.266 e. The van der Waals surface area contributed by atoms with Crippen LogP contribution in [-0.4, -0.2) is 50.1 Å². The van der Waals surface area contributed by atoms with Gasteiger partial charge in [0.15, 0.2) is 0 Å². The Bertz CT molecular complexity index is 1310. The van der Waals surface area contributed by atoms with Crippen LogP contribution in [0.1, 0.15) is 30.4 Å². The van der Waals surface area contributed by atoms with Gasteiger partial charge in [0.05, 0.1) is 4.91 Å². The number of thiocarbonyl (C=S) groups is 1. The number of fused-ring (bicyclic) bond motifs is 1. The third-order valence-electron chi connectivity index (χ3n) is 6.52. The summed E-state index contributed by atoms with van der Waals surface area (Å²) in [5.41, 5.74) is 3.07. The minimum absolute atomic E-state index is 0.0591. The molecular formula is C27H26BrN3O2S2. The van der Waals surface area contributed by atoms with Crippen molar-refractivity contribution in [2.75, 3.05) is 19.6 Å². The van der Waals surface area contributed by atoms with Crippen LogP contribution in [0.15, 0.2) is 64.1 Å². The predicted molar refractivity (Wildman–Crippen MR) is 150 cm³/mol. The minimum Gasteiger partial charge on any atom is -0.341 e. The first-order valence-corrected chi connectivity index (χ1v) is 13.9. The molecule has 3 heterocycles. The van der Waals surface area contributed by atoms with Gasteiger partial charge in [-0.15, -0.1) is 0 Å². The zero-order chi connectivity index (χ0) is 24.4. The molecule has 2 saturated heterocycles. The number of rotatable bonds is 6. The lowest BCUT2D eigenvalue weighted by atomic mass is 10.1. The largest absolute Gasteiger partial charge is 0.341 e. The lowest BCUT2D eigenvalue weighted by Crippen LogP contribution is -2.37. The summed E-state index contributed by atoms with van der Waals surface area (Å²) < 4.78 is 3.54. The first kappa shape index (κ1) is 24.3. The van der Waals surface area contributed by atoms with Crippen LogP contribution in [0.5, 0.6) is 0 Å². The number of halogens is 1. The van der Waals surface area contributed by atoms with Crippen molar-refractivity contribution in [3.63, 3.8) is 0 Å². The van der Waals surface area contributed by atoms with E-state index in [0.29, 0.717) is 22.3 Å². The number of hydrogen-bond acceptors (Lipinski definition) is 4. The fraction of sp³-hybridized carbons (Fsp3) is 0.296. The Morgan fingerprint density at radius 2 is 1.86 bits per heavy atom. The van der Waals surface area contributed by atoms with Crippen LogP contribution in [0.25, 0.3) is 17.0 Å². The summed E-state index contributed by atoms with van der Waals surface area (Å²) in [7, 11) is 0. The second-order valence-corrected chi connectivity index (χ2v) is 11.5. The van der Waals surface area contributed by atoms with E-state index in [-0.39, 0.29) is 11.8 Å². The van der Waals surface area contributed by atoms with Gasteiger partial charge in [0.25, 0.3) is 5.91 Å². The third kappa shape index (κ3) is 5.39. The molecule has 0 spiro atoms. The van der Waals surface area contributed by atoms with Gasteiger partial charge in [-0.2, -0.15) is 0 Å². The van der Waals surface area contributed by atoms with Gasteiger partial charge in [-0.1, -0.05) is 70.2 Å². The third-order valence-corrected chi connectivity index (χ3v) is 8.39. The molecule has 2 aliphatic rings. The highest BCUT2D eigenvalue weighted by atomic mass is 79.9. The van der Waals surface area contributed by atoms with Crippen LogP contribution in [0.4, 0.5) is 0 Å². The molecule has 180 valence electrons. The standard InChI is InChI=1S/C27H26BrN3O2S2/c28-21-9-10-23-22(16-21)20(17-30(23)18-25(32)29-12-5-2-6-13-29)15-24-26(33)31(27(34)35-24)14-11-19-7-3-1-4-8-19/h1,3-4,7-10,15-17H,2,5-6,11-14,18H2/b24-15-. The smallest absolute Gasteiger partial charge is 0.266 e. The molecule has 0 unspecified atom stereocenters. The molecular weight excluding hydrogens is 542 g/mol. The number of likely N-dealkylation sites (tertiary alicyclic amines) is 1. The van der Waals surface area contributed by atoms with E-state index in [1.165, 1.54) is 23.7 Å². The van der Waals surface area contributed by atoms with E-state index < -0.39 is 0 Å². The number of benzene rings is 2. The van der Waals surface area contributed by atoms with Crippen molar-refractivity contribution in [1.82, 2.24) is 14.4 Å². The van der Waals surface area contributed by atoms with Crippen LogP contribution < -0.4 is 0 Å². The molecule has 3 aromatic rings. The number of aromatic nitrogens is 1. The molecule has 0 aliphatic carbocycles. The molecule has 0 N–H and O–H groups in total. The number of carbonyl (C=O) groups excluding carboxylic acids is 2. The van der Waals surface area contributed by atoms with Gasteiger partial charge in [0, 0.05) is 46.8 Å². The van der Waals surface area contributed by atoms with Crippen LogP contribution in [0.3, 0.4) is 0 Å². The maximum absolute atomic E-state index is 13.2. The highest BCUT2D eigenvalue weighted by Crippen LogP contribution is 2.35. The Morgan fingerprint density at radius 3 is 2.63 bits per heavy atom. The van der Waals surface area contributed by atoms with E-state index in [9.17, 15) is 9.59 Å². The zero-order valence-corrected chi connectivity index (χ0v) is 22.5. The first-order chi connectivity index (χ1) is 17.0. The van der Waals surface area contributed by atoms with Crippen molar-refractivity contribution < 1.29 is 9.59 Å². The highest BCUT2D eigenvalue weighted by molar-refractivity contribution is 9.10. The van der Waals surface area contributed by atoms with E-state index >= 15 is 0 Å². The number of hydrogen-bond donors (Lipinski definition) is 0. The zero-order valence-electron chi connectivity index (χ0n) is 19.3. The molecule has 5 rings (SSSR count). The quantitative estimate of drug-likeness (QED) is 0.276. The summed E-state index contributed by atoms with van der Waals surface area (Å²) >= 11 is 10.5. The Morgan fingerprint density at radius 1 is 1.09 bits per heavy atom. The summed E-state index contributed by atoms with van der Waals surface area (Å²) in [5.74, 6) is 0.0829. The number of piperidine rings is 1. The van der Waals surface area contributed by atoms with Crippen molar-refractivity contribution in [3.05, 3.63) is 75.2 Å². The monoisotopic (exact) mass is 567 g/mol. The molecule has 5 nitrogen and oxygen atoms in total. The number of amides is 2. The topological polar surface area (TPSA) is 45.6 Å². The van der Waals surface area contributed by atoms with Gasteiger partial charge < -0.3 is 9.47 Å². The minimum atomic E-state index is -0.0591. The van der Waals surface area contributed by atoms with Crippen LogP contribution in [-0.2, 0) is 22.6 Å². The molecule has 2 amide bonds. The van der Waals surface area contributed by atoms with E-state index in [1.54, 1.807) is 4.90 Å². The summed E-state index contributed by atoms with van der Waals surface area (Å²) in [6, 6.07) is 16.2. The second kappa shape index (κ2) is 10.7. The Labute approximate surface area is 223 Å². The van der Waals surface area contributed by atoms with Gasteiger partial charge in [0.2, 0.25) is 5.91 Å². The predicted octanol–water partition coefficient (Wildman–Crippen LogP) is 5.86. The lowest BCUT2D eigenvalue weighted by Gasteiger charge is -2.27. The SMILES string of the molecule is O=C(Cn1cc(/C=C2\SC(=S)N(CCc3ccccc3)C2=O)c2cc(Br)ccc21)N1CCCCC1. The average molecular weight is 569 g/mol. The van der Waals surface area contributed by atoms with Crippen molar-refractivity contribution in [3.8, 4) is 0 Å². The van der Waals surface area contributed by atoms with E-state index in [2.05, 4.69) is 28.1 Å². The maximum atomic E-state index is 13.2. The number of thioether (sulfide) groups is 1. The molecule has 2 aromatic carbocycles. The van der Waals surface area contributed by atoms with Crippen LogP contribution in [0, 0.1) is 0 Å². The fourth-order valence-electron chi connectivity index (χ4n) is 4.65. The Kier molecular flexibility index (Phi) is 7.41. The van der Waals surface area contributed by atoms with Gasteiger partial charge in [-0.3, -0.25) is 14.5 Å². The molecule has 0 atom stereocenters. The average Bonchev–Trinajstić information content (AvgIpc) is 3.34. The van der Waals surface area contributed by atoms with Gasteiger partial charge >= 0.3 is 0 Å². The van der Waals surface area contributed by atoms with Crippen molar-refractivity contribution in [2.24, 2.45) is 0 Å². The summed E-state index contributed by atoms with van der Waals surface area (Å²) in [4.78, 5) is 30.4. The van der Waals surface area contributed by atoms with Crippen molar-refractivity contribution >= 4 is 73.0 Å². The van der Waals surface area contributed by atoms with Gasteiger partial charge in [0.1, 0.15) is 10.9 Å².